The molecular weight excluding hydrogens is 882 g/mol. The van der Waals surface area contributed by atoms with Crippen molar-refractivity contribution >= 4 is 19.8 Å². The second-order valence-electron chi connectivity index (χ2n) is 20.6. The van der Waals surface area contributed by atoms with Gasteiger partial charge >= 0.3 is 19.8 Å². The maximum atomic E-state index is 12.6. The van der Waals surface area contributed by atoms with Crippen LogP contribution in [0.5, 0.6) is 0 Å². The van der Waals surface area contributed by atoms with Crippen LogP contribution >= 0.6 is 7.82 Å². The molecule has 3 N–H and O–H groups in total. The Bertz CT molecular complexity index is 1140. The lowest BCUT2D eigenvalue weighted by Gasteiger charge is -2.19. The second kappa shape index (κ2) is 56.1. The number of carbonyl (C=O) groups is 2. The molecule has 0 aliphatic heterocycles. The molecule has 10 heteroatoms. The summed E-state index contributed by atoms with van der Waals surface area (Å²) in [6, 6.07) is 0. The van der Waals surface area contributed by atoms with E-state index in [1.54, 1.807) is 0 Å². The number of esters is 2. The molecule has 69 heavy (non-hydrogen) atoms. The Balaban J connectivity index is 3.79. The molecule has 2 unspecified atom stereocenters. The van der Waals surface area contributed by atoms with Crippen molar-refractivity contribution in [1.82, 2.24) is 0 Å². The summed E-state index contributed by atoms with van der Waals surface area (Å²) in [5.74, 6) is -0.819. The first kappa shape index (κ1) is 67.8. The maximum Gasteiger partial charge on any atom is 0.472 e. The van der Waals surface area contributed by atoms with E-state index in [2.05, 4.69) is 26.0 Å². The van der Waals surface area contributed by atoms with E-state index in [1.165, 1.54) is 238 Å². The lowest BCUT2D eigenvalue weighted by atomic mass is 10.0. The molecule has 0 aliphatic rings. The van der Waals surface area contributed by atoms with Gasteiger partial charge in [0.05, 0.1) is 13.2 Å². The molecule has 0 heterocycles. The number of unbranched alkanes of at least 4 members (excludes halogenated alkanes) is 43. The molecule has 0 saturated carbocycles. The minimum absolute atomic E-state index is 0.0552. The van der Waals surface area contributed by atoms with Crippen molar-refractivity contribution in [3.63, 3.8) is 0 Å². The van der Waals surface area contributed by atoms with Crippen LogP contribution in [0.15, 0.2) is 12.2 Å². The van der Waals surface area contributed by atoms with Gasteiger partial charge in [-0.05, 0) is 38.5 Å². The average Bonchev–Trinajstić information content (AvgIpc) is 3.34. The summed E-state index contributed by atoms with van der Waals surface area (Å²) in [6.07, 6.45) is 64.4. The first-order valence-corrected chi connectivity index (χ1v) is 31.7. The van der Waals surface area contributed by atoms with Gasteiger partial charge in [-0.2, -0.15) is 0 Å². The zero-order valence-electron chi connectivity index (χ0n) is 45.8. The van der Waals surface area contributed by atoms with Gasteiger partial charge in [0, 0.05) is 19.4 Å². The topological polar surface area (TPSA) is 134 Å². The van der Waals surface area contributed by atoms with Gasteiger partial charge in [0.25, 0.3) is 0 Å². The standard InChI is InChI=1S/C59H116NO8P/c1-3-5-7-9-11-13-15-17-19-20-21-22-23-24-25-26-27-28-29-30-31-32-33-34-35-36-38-39-41-43-45-47-49-51-58(61)65-55-57(56-67-69(63,64)66-54-53-60)68-59(62)52-50-48-46-44-42-40-37-18-16-14-12-10-8-6-4-2/h18,37,57H,3-17,19-36,38-56,60H2,1-2H3,(H,63,64)/b37-18-. The lowest BCUT2D eigenvalue weighted by Crippen LogP contribution is -2.29. The molecule has 410 valence electrons. The van der Waals surface area contributed by atoms with Crippen LogP contribution in [0.3, 0.4) is 0 Å². The van der Waals surface area contributed by atoms with E-state index in [0.717, 1.165) is 51.4 Å². The van der Waals surface area contributed by atoms with Crippen LogP contribution in [-0.4, -0.2) is 49.3 Å². The smallest absolute Gasteiger partial charge is 0.462 e. The number of nitrogens with two attached hydrogens (primary N) is 1. The summed E-state index contributed by atoms with van der Waals surface area (Å²) in [7, 11) is -4.38. The summed E-state index contributed by atoms with van der Waals surface area (Å²) < 4.78 is 33.0. The molecular formula is C59H116NO8P. The van der Waals surface area contributed by atoms with E-state index in [9.17, 15) is 19.0 Å². The highest BCUT2D eigenvalue weighted by molar-refractivity contribution is 7.47. The van der Waals surface area contributed by atoms with Gasteiger partial charge in [0.2, 0.25) is 0 Å². The van der Waals surface area contributed by atoms with Crippen molar-refractivity contribution in [1.29, 1.82) is 0 Å². The van der Waals surface area contributed by atoms with E-state index < -0.39 is 26.5 Å². The van der Waals surface area contributed by atoms with Crippen molar-refractivity contribution in [2.75, 3.05) is 26.4 Å². The fraction of sp³-hybridized carbons (Fsp3) is 0.932. The highest BCUT2D eigenvalue weighted by Gasteiger charge is 2.26. The highest BCUT2D eigenvalue weighted by Crippen LogP contribution is 2.43. The van der Waals surface area contributed by atoms with Gasteiger partial charge in [-0.15, -0.1) is 0 Å². The van der Waals surface area contributed by atoms with Gasteiger partial charge < -0.3 is 20.1 Å². The van der Waals surface area contributed by atoms with Crippen LogP contribution in [0.1, 0.15) is 322 Å². The average molecular weight is 999 g/mol. The number of hydrogen-bond donors (Lipinski definition) is 2. The molecule has 2 atom stereocenters. The molecule has 0 aromatic rings. The summed E-state index contributed by atoms with van der Waals surface area (Å²) in [5, 5.41) is 0. The quantitative estimate of drug-likeness (QED) is 0.0264. The van der Waals surface area contributed by atoms with Gasteiger partial charge in [0.1, 0.15) is 6.61 Å². The van der Waals surface area contributed by atoms with Gasteiger partial charge in [0.15, 0.2) is 6.10 Å². The molecule has 0 aromatic carbocycles. The molecule has 0 bridgehead atoms. The number of carbonyl (C=O) groups excluding carboxylic acids is 2. The number of ether oxygens (including phenoxy) is 2. The zero-order chi connectivity index (χ0) is 50.2. The van der Waals surface area contributed by atoms with Crippen molar-refractivity contribution in [2.45, 2.75) is 328 Å². The molecule has 0 rings (SSSR count). The summed E-state index contributed by atoms with van der Waals surface area (Å²) >= 11 is 0. The molecule has 9 nitrogen and oxygen atoms in total. The monoisotopic (exact) mass is 998 g/mol. The Morgan fingerprint density at radius 1 is 0.420 bits per heavy atom. The molecule has 0 saturated heterocycles. The third-order valence-electron chi connectivity index (χ3n) is 13.7. The summed E-state index contributed by atoms with van der Waals surface area (Å²) in [5.41, 5.74) is 5.38. The Morgan fingerprint density at radius 3 is 1.03 bits per heavy atom. The predicted octanol–water partition coefficient (Wildman–Crippen LogP) is 18.9. The molecule has 0 spiro atoms. The summed E-state index contributed by atoms with van der Waals surface area (Å²) in [6.45, 7) is 3.78. The number of allylic oxidation sites excluding steroid dienone is 2. The third kappa shape index (κ3) is 55.9. The first-order valence-electron chi connectivity index (χ1n) is 30.2. The fourth-order valence-corrected chi connectivity index (χ4v) is 9.93. The number of phosphoric ester groups is 1. The Hall–Kier alpha value is -1.25. The van der Waals surface area contributed by atoms with Crippen molar-refractivity contribution in [2.24, 2.45) is 5.73 Å². The van der Waals surface area contributed by atoms with Crippen LogP contribution in [-0.2, 0) is 32.7 Å². The number of phosphoric acid groups is 1. The van der Waals surface area contributed by atoms with Crippen LogP contribution in [0.4, 0.5) is 0 Å². The van der Waals surface area contributed by atoms with E-state index in [0.29, 0.717) is 6.42 Å². The van der Waals surface area contributed by atoms with Crippen molar-refractivity contribution < 1.29 is 37.6 Å². The SMILES string of the molecule is CCCCCCCC/C=C\CCCCCCCC(=O)OC(COC(=O)CCCCCCCCCCCCCCCCCCCCCCCCCCCCCCCCCCC)COP(=O)(O)OCCN. The number of rotatable bonds is 58. The highest BCUT2D eigenvalue weighted by atomic mass is 31.2. The van der Waals surface area contributed by atoms with Crippen LogP contribution in [0, 0.1) is 0 Å². The molecule has 0 amide bonds. The van der Waals surface area contributed by atoms with E-state index in [4.69, 9.17) is 24.3 Å². The predicted molar refractivity (Wildman–Crippen MR) is 294 cm³/mol. The number of hydrogen-bond acceptors (Lipinski definition) is 8. The molecule has 0 aliphatic carbocycles. The molecule has 0 aromatic heterocycles. The molecule has 0 radical (unpaired) electrons. The minimum Gasteiger partial charge on any atom is -0.462 e. The van der Waals surface area contributed by atoms with Crippen molar-refractivity contribution in [3.05, 3.63) is 12.2 Å². The Labute approximate surface area is 428 Å². The van der Waals surface area contributed by atoms with Gasteiger partial charge in [-0.25, -0.2) is 4.57 Å². The normalized spacial score (nSPS) is 13.0. The Morgan fingerprint density at radius 2 is 0.710 bits per heavy atom. The van der Waals surface area contributed by atoms with E-state index in [-0.39, 0.29) is 38.6 Å². The van der Waals surface area contributed by atoms with E-state index >= 15 is 0 Å². The Kier molecular flexibility index (Phi) is 55.0. The third-order valence-corrected chi connectivity index (χ3v) is 14.6. The molecule has 0 fully saturated rings. The summed E-state index contributed by atoms with van der Waals surface area (Å²) in [4.78, 5) is 35.1. The van der Waals surface area contributed by atoms with Crippen LogP contribution in [0.25, 0.3) is 0 Å². The minimum atomic E-state index is -4.38. The first-order chi connectivity index (χ1) is 33.8. The maximum absolute atomic E-state index is 12.6. The largest absolute Gasteiger partial charge is 0.472 e. The fourth-order valence-electron chi connectivity index (χ4n) is 9.16. The zero-order valence-corrected chi connectivity index (χ0v) is 46.7. The van der Waals surface area contributed by atoms with Gasteiger partial charge in [-0.1, -0.05) is 283 Å². The van der Waals surface area contributed by atoms with Gasteiger partial charge in [-0.3, -0.25) is 18.6 Å². The van der Waals surface area contributed by atoms with Crippen LogP contribution < -0.4 is 5.73 Å². The second-order valence-corrected chi connectivity index (χ2v) is 22.0. The van der Waals surface area contributed by atoms with E-state index in [1.807, 2.05) is 0 Å². The van der Waals surface area contributed by atoms with Crippen molar-refractivity contribution in [3.8, 4) is 0 Å². The van der Waals surface area contributed by atoms with Crippen LogP contribution in [0.2, 0.25) is 0 Å². The lowest BCUT2D eigenvalue weighted by molar-refractivity contribution is -0.161.